The van der Waals surface area contributed by atoms with Gasteiger partial charge >= 0.3 is 5.97 Å². The van der Waals surface area contributed by atoms with Crippen LogP contribution in [0, 0.1) is 10.1 Å². The zero-order valence-electron chi connectivity index (χ0n) is 8.57. The number of benzene rings is 1. The van der Waals surface area contributed by atoms with Crippen LogP contribution >= 0.6 is 15.9 Å². The number of aromatic carboxylic acids is 1. The summed E-state index contributed by atoms with van der Waals surface area (Å²) >= 11 is 3.07. The molecule has 0 saturated heterocycles. The van der Waals surface area contributed by atoms with E-state index in [1.807, 2.05) is 6.92 Å². The molecule has 86 valence electrons. The Labute approximate surface area is 100 Å². The molecule has 1 aromatic carbocycles. The molecule has 0 aromatic heterocycles. The number of carbonyl (C=O) groups is 1. The summed E-state index contributed by atoms with van der Waals surface area (Å²) in [5.41, 5.74) is 0.376. The van der Waals surface area contributed by atoms with Crippen LogP contribution in [0.5, 0.6) is 0 Å². The van der Waals surface area contributed by atoms with E-state index < -0.39 is 10.9 Å². The van der Waals surface area contributed by atoms with Crippen molar-refractivity contribution in [2.24, 2.45) is 0 Å². The van der Waals surface area contributed by atoms with Crippen molar-refractivity contribution in [3.8, 4) is 0 Å². The van der Waals surface area contributed by atoms with E-state index in [0.717, 1.165) is 12.5 Å². The normalized spacial score (nSPS) is 10.1. The van der Waals surface area contributed by atoms with Crippen molar-refractivity contribution in [1.82, 2.24) is 0 Å². The van der Waals surface area contributed by atoms with Gasteiger partial charge in [0, 0.05) is 6.07 Å². The zero-order valence-corrected chi connectivity index (χ0v) is 10.2. The first kappa shape index (κ1) is 12.6. The molecular formula is C10H10BrNO4. The summed E-state index contributed by atoms with van der Waals surface area (Å²) in [6, 6.07) is 2.60. The lowest BCUT2D eigenvalue weighted by Gasteiger charge is -2.05. The van der Waals surface area contributed by atoms with Crippen LogP contribution in [0.15, 0.2) is 16.6 Å². The molecule has 16 heavy (non-hydrogen) atoms. The SMILES string of the molecule is CCCc1cc(Br)c([N+](=O)[O-])cc1C(=O)O. The number of rotatable bonds is 4. The molecule has 0 amide bonds. The smallest absolute Gasteiger partial charge is 0.336 e. The van der Waals surface area contributed by atoms with Gasteiger partial charge in [-0.3, -0.25) is 10.1 Å². The molecule has 1 N–H and O–H groups in total. The molecule has 0 aliphatic rings. The van der Waals surface area contributed by atoms with E-state index in [1.165, 1.54) is 6.07 Å². The maximum atomic E-state index is 10.9. The van der Waals surface area contributed by atoms with Gasteiger partial charge in [-0.05, 0) is 34.0 Å². The predicted molar refractivity (Wildman–Crippen MR) is 61.8 cm³/mol. The number of halogens is 1. The molecule has 5 nitrogen and oxygen atoms in total. The molecule has 0 fully saturated rings. The molecule has 0 heterocycles. The maximum absolute atomic E-state index is 10.9. The standard InChI is InChI=1S/C10H10BrNO4/c1-2-3-6-4-8(11)9(12(15)16)5-7(6)10(13)14/h4-5H,2-3H2,1H3,(H,13,14). The fraction of sp³-hybridized carbons (Fsp3) is 0.300. The van der Waals surface area contributed by atoms with E-state index in [0.29, 0.717) is 16.5 Å². The maximum Gasteiger partial charge on any atom is 0.336 e. The van der Waals surface area contributed by atoms with Crippen LogP contribution in [0.1, 0.15) is 29.3 Å². The monoisotopic (exact) mass is 287 g/mol. The zero-order chi connectivity index (χ0) is 12.3. The number of aryl methyl sites for hydroxylation is 1. The van der Waals surface area contributed by atoms with Crippen LogP contribution in [0.3, 0.4) is 0 Å². The predicted octanol–water partition coefficient (Wildman–Crippen LogP) is 3.01. The highest BCUT2D eigenvalue weighted by molar-refractivity contribution is 9.10. The Morgan fingerprint density at radius 2 is 2.19 bits per heavy atom. The van der Waals surface area contributed by atoms with Crippen molar-refractivity contribution in [1.29, 1.82) is 0 Å². The van der Waals surface area contributed by atoms with E-state index in [-0.39, 0.29) is 11.3 Å². The minimum absolute atomic E-state index is 0.00301. The van der Waals surface area contributed by atoms with Crippen LogP contribution < -0.4 is 0 Å². The van der Waals surface area contributed by atoms with Gasteiger partial charge in [-0.15, -0.1) is 0 Å². The highest BCUT2D eigenvalue weighted by Gasteiger charge is 2.19. The minimum Gasteiger partial charge on any atom is -0.478 e. The van der Waals surface area contributed by atoms with Crippen molar-refractivity contribution in [3.63, 3.8) is 0 Å². The molecule has 0 unspecified atom stereocenters. The van der Waals surface area contributed by atoms with Gasteiger partial charge in [-0.2, -0.15) is 0 Å². The van der Waals surface area contributed by atoms with Gasteiger partial charge in [-0.25, -0.2) is 4.79 Å². The first-order valence-corrected chi connectivity index (χ1v) is 5.46. The molecule has 0 radical (unpaired) electrons. The second kappa shape index (κ2) is 5.07. The third kappa shape index (κ3) is 2.57. The molecule has 0 bridgehead atoms. The van der Waals surface area contributed by atoms with Gasteiger partial charge in [-0.1, -0.05) is 13.3 Å². The Kier molecular flexibility index (Phi) is 4.00. The summed E-state index contributed by atoms with van der Waals surface area (Å²) in [6.45, 7) is 1.92. The minimum atomic E-state index is -1.14. The van der Waals surface area contributed by atoms with Crippen molar-refractivity contribution < 1.29 is 14.8 Å². The number of hydrogen-bond acceptors (Lipinski definition) is 3. The fourth-order valence-corrected chi connectivity index (χ4v) is 1.95. The Bertz CT molecular complexity index is 445. The quantitative estimate of drug-likeness (QED) is 0.682. The van der Waals surface area contributed by atoms with Crippen molar-refractivity contribution in [3.05, 3.63) is 37.8 Å². The van der Waals surface area contributed by atoms with Gasteiger partial charge < -0.3 is 5.11 Å². The molecule has 1 aromatic rings. The Morgan fingerprint density at radius 1 is 1.56 bits per heavy atom. The largest absolute Gasteiger partial charge is 0.478 e. The summed E-state index contributed by atoms with van der Waals surface area (Å²) in [4.78, 5) is 21.0. The highest BCUT2D eigenvalue weighted by Crippen LogP contribution is 2.29. The highest BCUT2D eigenvalue weighted by atomic mass is 79.9. The average Bonchev–Trinajstić information content (AvgIpc) is 2.17. The van der Waals surface area contributed by atoms with Crippen LogP contribution in [-0.2, 0) is 6.42 Å². The van der Waals surface area contributed by atoms with Crippen molar-refractivity contribution >= 4 is 27.6 Å². The van der Waals surface area contributed by atoms with Crippen molar-refractivity contribution in [2.75, 3.05) is 0 Å². The summed E-state index contributed by atoms with van der Waals surface area (Å²) in [5.74, 6) is -1.14. The first-order valence-electron chi connectivity index (χ1n) is 4.67. The van der Waals surface area contributed by atoms with E-state index in [4.69, 9.17) is 5.11 Å². The Morgan fingerprint density at radius 3 is 2.62 bits per heavy atom. The topological polar surface area (TPSA) is 80.4 Å². The first-order chi connectivity index (χ1) is 7.47. The molecule has 6 heteroatoms. The lowest BCUT2D eigenvalue weighted by molar-refractivity contribution is -0.385. The number of nitro groups is 1. The fourth-order valence-electron chi connectivity index (χ4n) is 1.42. The van der Waals surface area contributed by atoms with Crippen molar-refractivity contribution in [2.45, 2.75) is 19.8 Å². The van der Waals surface area contributed by atoms with Gasteiger partial charge in [0.05, 0.1) is 15.0 Å². The van der Waals surface area contributed by atoms with Gasteiger partial charge in [0.15, 0.2) is 0 Å². The number of hydrogen-bond donors (Lipinski definition) is 1. The molecule has 0 aliphatic heterocycles. The number of carboxylic acid groups (broad SMARTS) is 1. The number of nitrogens with zero attached hydrogens (tertiary/aromatic N) is 1. The molecule has 0 spiro atoms. The molecule has 1 rings (SSSR count). The van der Waals surface area contributed by atoms with Crippen LogP contribution in [0.4, 0.5) is 5.69 Å². The summed E-state index contributed by atoms with van der Waals surface area (Å²) in [5, 5.41) is 19.6. The summed E-state index contributed by atoms with van der Waals surface area (Å²) in [6.07, 6.45) is 1.36. The number of nitro benzene ring substituents is 1. The lowest BCUT2D eigenvalue weighted by atomic mass is 10.0. The van der Waals surface area contributed by atoms with E-state index in [1.54, 1.807) is 0 Å². The lowest BCUT2D eigenvalue weighted by Crippen LogP contribution is -2.04. The average molecular weight is 288 g/mol. The molecule has 0 aliphatic carbocycles. The Balaban J connectivity index is 3.36. The summed E-state index contributed by atoms with van der Waals surface area (Å²) in [7, 11) is 0. The molecule has 0 saturated carbocycles. The van der Waals surface area contributed by atoms with E-state index in [2.05, 4.69) is 15.9 Å². The second-order valence-corrected chi connectivity index (χ2v) is 4.13. The van der Waals surface area contributed by atoms with Crippen LogP contribution in [0.25, 0.3) is 0 Å². The van der Waals surface area contributed by atoms with E-state index in [9.17, 15) is 14.9 Å². The van der Waals surface area contributed by atoms with Gasteiger partial charge in [0.25, 0.3) is 5.69 Å². The summed E-state index contributed by atoms with van der Waals surface area (Å²) < 4.78 is 0.311. The third-order valence-electron chi connectivity index (χ3n) is 2.12. The second-order valence-electron chi connectivity index (χ2n) is 3.27. The third-order valence-corrected chi connectivity index (χ3v) is 2.75. The van der Waals surface area contributed by atoms with Crippen LogP contribution in [-0.4, -0.2) is 16.0 Å². The van der Waals surface area contributed by atoms with E-state index >= 15 is 0 Å². The van der Waals surface area contributed by atoms with Gasteiger partial charge in [0.1, 0.15) is 0 Å². The molecule has 0 atom stereocenters. The Hall–Kier alpha value is -1.43. The number of carboxylic acids is 1. The molecular weight excluding hydrogens is 278 g/mol. The van der Waals surface area contributed by atoms with Crippen LogP contribution in [0.2, 0.25) is 0 Å². The van der Waals surface area contributed by atoms with Gasteiger partial charge in [0.2, 0.25) is 0 Å².